The number of fused-ring (bicyclic) bond motifs is 1. The van der Waals surface area contributed by atoms with Crippen molar-refractivity contribution in [2.45, 2.75) is 33.1 Å². The Kier molecular flexibility index (Phi) is 7.61. The average molecular weight is 355 g/mol. The fraction of sp³-hybridized carbons (Fsp3) is 0.350. The van der Waals surface area contributed by atoms with E-state index in [1.54, 1.807) is 0 Å². The predicted octanol–water partition coefficient (Wildman–Crippen LogP) is 3.00. The molecule has 0 heterocycles. The minimum absolute atomic E-state index is 0.477. The zero-order valence-corrected chi connectivity index (χ0v) is 15.2. The lowest BCUT2D eigenvalue weighted by Gasteiger charge is -2.11. The number of unbranched alkanes of at least 4 members (excludes halogenated alkanes) is 1. The summed E-state index contributed by atoms with van der Waals surface area (Å²) in [7, 11) is 0. The number of rotatable bonds is 8. The van der Waals surface area contributed by atoms with Crippen molar-refractivity contribution in [2.75, 3.05) is 13.2 Å². The highest BCUT2D eigenvalue weighted by molar-refractivity contribution is 6.35. The van der Waals surface area contributed by atoms with Crippen LogP contribution in [-0.4, -0.2) is 31.2 Å². The third kappa shape index (κ3) is 5.31. The molecule has 0 bridgehead atoms. The Morgan fingerprint density at radius 3 is 2.65 bits per heavy atom. The number of hydrazone groups is 1. The second-order valence-electron chi connectivity index (χ2n) is 5.86. The summed E-state index contributed by atoms with van der Waals surface area (Å²) in [5.41, 5.74) is 3.04. The minimum Gasteiger partial charge on any atom is -0.493 e. The fourth-order valence-corrected chi connectivity index (χ4v) is 2.41. The molecule has 2 amide bonds. The quantitative estimate of drug-likeness (QED) is 0.331. The van der Waals surface area contributed by atoms with E-state index < -0.39 is 11.8 Å². The van der Waals surface area contributed by atoms with Crippen LogP contribution < -0.4 is 15.5 Å². The second kappa shape index (κ2) is 10.2. The van der Waals surface area contributed by atoms with Gasteiger partial charge in [-0.3, -0.25) is 9.59 Å². The van der Waals surface area contributed by atoms with E-state index in [0.29, 0.717) is 18.9 Å². The standard InChI is InChI=1S/C20H25N3O3/c1-3-5-12-21-19(24)20(25)23-22-14-17-16-9-7-6-8-15(16)10-11-18(17)26-13-4-2/h6-11,14H,3-5,12-13H2,1-2H3,(H,21,24)(H,23,25)/b22-14-. The van der Waals surface area contributed by atoms with E-state index in [1.807, 2.05) is 50.2 Å². The fourth-order valence-electron chi connectivity index (χ4n) is 2.41. The maximum absolute atomic E-state index is 11.8. The van der Waals surface area contributed by atoms with Crippen LogP contribution in [0, 0.1) is 0 Å². The summed E-state index contributed by atoms with van der Waals surface area (Å²) in [4.78, 5) is 23.4. The molecule has 2 aromatic carbocycles. The highest BCUT2D eigenvalue weighted by Crippen LogP contribution is 2.26. The van der Waals surface area contributed by atoms with Crippen LogP contribution in [0.3, 0.4) is 0 Å². The smallest absolute Gasteiger partial charge is 0.329 e. The summed E-state index contributed by atoms with van der Waals surface area (Å²) in [5, 5.41) is 8.50. The van der Waals surface area contributed by atoms with Gasteiger partial charge in [-0.05, 0) is 29.7 Å². The van der Waals surface area contributed by atoms with E-state index in [-0.39, 0.29) is 0 Å². The van der Waals surface area contributed by atoms with Gasteiger partial charge in [-0.15, -0.1) is 0 Å². The van der Waals surface area contributed by atoms with Crippen molar-refractivity contribution in [1.29, 1.82) is 0 Å². The maximum atomic E-state index is 11.8. The van der Waals surface area contributed by atoms with Crippen molar-refractivity contribution in [3.8, 4) is 5.75 Å². The second-order valence-corrected chi connectivity index (χ2v) is 5.86. The highest BCUT2D eigenvalue weighted by Gasteiger charge is 2.12. The lowest BCUT2D eigenvalue weighted by molar-refractivity contribution is -0.139. The summed E-state index contributed by atoms with van der Waals surface area (Å²) in [5.74, 6) is -0.777. The van der Waals surface area contributed by atoms with E-state index in [2.05, 4.69) is 15.8 Å². The number of nitrogens with one attached hydrogen (secondary N) is 2. The lowest BCUT2D eigenvalue weighted by atomic mass is 10.0. The van der Waals surface area contributed by atoms with Gasteiger partial charge in [-0.25, -0.2) is 5.43 Å². The van der Waals surface area contributed by atoms with Gasteiger partial charge >= 0.3 is 11.8 Å². The average Bonchev–Trinajstić information content (AvgIpc) is 2.67. The SMILES string of the molecule is CCCCNC(=O)C(=O)N/N=C\c1c(OCCC)ccc2ccccc12. The Morgan fingerprint density at radius 2 is 1.88 bits per heavy atom. The van der Waals surface area contributed by atoms with Crippen molar-refractivity contribution < 1.29 is 14.3 Å². The van der Waals surface area contributed by atoms with Crippen molar-refractivity contribution in [2.24, 2.45) is 5.10 Å². The van der Waals surface area contributed by atoms with Crippen LogP contribution in [-0.2, 0) is 9.59 Å². The van der Waals surface area contributed by atoms with Crippen LogP contribution in [0.25, 0.3) is 10.8 Å². The van der Waals surface area contributed by atoms with Crippen molar-refractivity contribution >= 4 is 28.8 Å². The van der Waals surface area contributed by atoms with Crippen LogP contribution in [0.5, 0.6) is 5.75 Å². The third-order valence-corrected chi connectivity index (χ3v) is 3.77. The normalized spacial score (nSPS) is 10.8. The molecule has 0 radical (unpaired) electrons. The molecule has 0 atom stereocenters. The van der Waals surface area contributed by atoms with Gasteiger partial charge in [0.05, 0.1) is 12.8 Å². The van der Waals surface area contributed by atoms with E-state index in [0.717, 1.165) is 35.6 Å². The maximum Gasteiger partial charge on any atom is 0.329 e. The molecular formula is C20H25N3O3. The minimum atomic E-state index is -0.784. The van der Waals surface area contributed by atoms with Gasteiger partial charge in [-0.1, -0.05) is 50.6 Å². The van der Waals surface area contributed by atoms with E-state index >= 15 is 0 Å². The van der Waals surface area contributed by atoms with Crippen LogP contribution in [0.1, 0.15) is 38.7 Å². The molecule has 0 saturated heterocycles. The van der Waals surface area contributed by atoms with Crippen molar-refractivity contribution in [3.05, 3.63) is 42.0 Å². The molecule has 6 heteroatoms. The number of ether oxygens (including phenoxy) is 1. The Labute approximate surface area is 153 Å². The number of hydrogen-bond acceptors (Lipinski definition) is 4. The molecule has 2 aromatic rings. The third-order valence-electron chi connectivity index (χ3n) is 3.77. The first-order valence-corrected chi connectivity index (χ1v) is 8.93. The molecule has 6 nitrogen and oxygen atoms in total. The molecule has 0 spiro atoms. The molecule has 0 aromatic heterocycles. The molecule has 26 heavy (non-hydrogen) atoms. The van der Waals surface area contributed by atoms with Crippen LogP contribution in [0.15, 0.2) is 41.5 Å². The van der Waals surface area contributed by atoms with Gasteiger partial charge in [0.25, 0.3) is 0 Å². The molecule has 2 rings (SSSR count). The Balaban J connectivity index is 2.13. The number of carbonyl (C=O) groups is 2. The lowest BCUT2D eigenvalue weighted by Crippen LogP contribution is -2.38. The molecule has 0 fully saturated rings. The summed E-state index contributed by atoms with van der Waals surface area (Å²) in [6.07, 6.45) is 4.18. The summed E-state index contributed by atoms with van der Waals surface area (Å²) in [6, 6.07) is 11.7. The van der Waals surface area contributed by atoms with Gasteiger partial charge < -0.3 is 10.1 Å². The summed E-state index contributed by atoms with van der Waals surface area (Å²) >= 11 is 0. The first kappa shape index (κ1) is 19.4. The Morgan fingerprint density at radius 1 is 1.08 bits per heavy atom. The molecule has 0 saturated carbocycles. The van der Waals surface area contributed by atoms with Gasteiger partial charge in [0, 0.05) is 12.1 Å². The number of carbonyl (C=O) groups excluding carboxylic acids is 2. The summed E-state index contributed by atoms with van der Waals surface area (Å²) < 4.78 is 5.78. The van der Waals surface area contributed by atoms with E-state index in [1.165, 1.54) is 6.21 Å². The monoisotopic (exact) mass is 355 g/mol. The molecular weight excluding hydrogens is 330 g/mol. The zero-order chi connectivity index (χ0) is 18.8. The van der Waals surface area contributed by atoms with E-state index in [9.17, 15) is 9.59 Å². The van der Waals surface area contributed by atoms with Crippen molar-refractivity contribution in [1.82, 2.24) is 10.7 Å². The Bertz CT molecular complexity index is 787. The molecule has 0 aliphatic rings. The molecule has 138 valence electrons. The van der Waals surface area contributed by atoms with Gasteiger partial charge in [0.1, 0.15) is 5.75 Å². The first-order valence-electron chi connectivity index (χ1n) is 8.93. The zero-order valence-electron chi connectivity index (χ0n) is 15.2. The number of benzene rings is 2. The highest BCUT2D eigenvalue weighted by atomic mass is 16.5. The molecule has 0 aliphatic heterocycles. The predicted molar refractivity (Wildman–Crippen MR) is 103 cm³/mol. The van der Waals surface area contributed by atoms with Gasteiger partial charge in [0.15, 0.2) is 0 Å². The van der Waals surface area contributed by atoms with Gasteiger partial charge in [-0.2, -0.15) is 5.10 Å². The first-order chi connectivity index (χ1) is 12.7. The molecule has 2 N–H and O–H groups in total. The number of nitrogens with zero attached hydrogens (tertiary/aromatic N) is 1. The van der Waals surface area contributed by atoms with Crippen LogP contribution in [0.4, 0.5) is 0 Å². The van der Waals surface area contributed by atoms with E-state index in [4.69, 9.17) is 4.74 Å². The topological polar surface area (TPSA) is 79.8 Å². The van der Waals surface area contributed by atoms with Crippen molar-refractivity contribution in [3.63, 3.8) is 0 Å². The Hall–Kier alpha value is -2.89. The molecule has 0 aliphatic carbocycles. The van der Waals surface area contributed by atoms with Crippen LogP contribution >= 0.6 is 0 Å². The number of amides is 2. The van der Waals surface area contributed by atoms with Gasteiger partial charge in [0.2, 0.25) is 0 Å². The summed E-state index contributed by atoms with van der Waals surface area (Å²) in [6.45, 7) is 5.11. The molecule has 0 unspecified atom stereocenters. The van der Waals surface area contributed by atoms with Crippen LogP contribution in [0.2, 0.25) is 0 Å². The largest absolute Gasteiger partial charge is 0.493 e. The number of hydrogen-bond donors (Lipinski definition) is 2.